The molecule has 1 aromatic rings. The molecular weight excluding hydrogens is 212 g/mol. The van der Waals surface area contributed by atoms with Gasteiger partial charge in [-0.3, -0.25) is 0 Å². The van der Waals surface area contributed by atoms with Gasteiger partial charge in [0.25, 0.3) is 0 Å². The van der Waals surface area contributed by atoms with Crippen molar-refractivity contribution in [3.05, 3.63) is 23.4 Å². The van der Waals surface area contributed by atoms with Crippen molar-refractivity contribution in [3.63, 3.8) is 0 Å². The van der Waals surface area contributed by atoms with Crippen LogP contribution in [0, 0.1) is 6.92 Å². The molecule has 2 heterocycles. The molecule has 0 amide bonds. The van der Waals surface area contributed by atoms with E-state index in [2.05, 4.69) is 22.9 Å². The number of pyridine rings is 1. The third kappa shape index (κ3) is 2.97. The van der Waals surface area contributed by atoms with Gasteiger partial charge >= 0.3 is 0 Å². The zero-order chi connectivity index (χ0) is 12.3. The van der Waals surface area contributed by atoms with Gasteiger partial charge in [0.05, 0.1) is 6.10 Å². The van der Waals surface area contributed by atoms with Gasteiger partial charge in [0, 0.05) is 19.3 Å². The van der Waals surface area contributed by atoms with Gasteiger partial charge in [-0.15, -0.1) is 0 Å². The van der Waals surface area contributed by atoms with E-state index in [9.17, 15) is 5.11 Å². The van der Waals surface area contributed by atoms with Crippen LogP contribution in [0.2, 0.25) is 0 Å². The molecule has 3 nitrogen and oxygen atoms in total. The maximum atomic E-state index is 9.54. The third-order valence-corrected chi connectivity index (χ3v) is 3.46. The predicted molar refractivity (Wildman–Crippen MR) is 70.3 cm³/mol. The molecule has 1 fully saturated rings. The summed E-state index contributed by atoms with van der Waals surface area (Å²) in [6, 6.07) is 2.05. The monoisotopic (exact) mass is 234 g/mol. The van der Waals surface area contributed by atoms with E-state index < -0.39 is 6.10 Å². The topological polar surface area (TPSA) is 36.4 Å². The lowest BCUT2D eigenvalue weighted by atomic mass is 10.1. The first-order chi connectivity index (χ1) is 8.18. The number of hydrogen-bond donors (Lipinski definition) is 1. The van der Waals surface area contributed by atoms with Crippen LogP contribution in [-0.2, 0) is 0 Å². The van der Waals surface area contributed by atoms with Crippen LogP contribution in [0.4, 0.5) is 5.82 Å². The molecule has 0 bridgehead atoms. The van der Waals surface area contributed by atoms with Crippen molar-refractivity contribution < 1.29 is 5.11 Å². The van der Waals surface area contributed by atoms with Crippen LogP contribution < -0.4 is 4.90 Å². The average molecular weight is 234 g/mol. The first kappa shape index (κ1) is 12.4. The van der Waals surface area contributed by atoms with Gasteiger partial charge in [0.15, 0.2) is 0 Å². The van der Waals surface area contributed by atoms with Gasteiger partial charge in [-0.2, -0.15) is 0 Å². The van der Waals surface area contributed by atoms with Crippen LogP contribution in [0.3, 0.4) is 0 Å². The molecular formula is C14H22N2O. The summed E-state index contributed by atoms with van der Waals surface area (Å²) < 4.78 is 0. The molecule has 0 radical (unpaired) electrons. The highest BCUT2D eigenvalue weighted by molar-refractivity contribution is 5.47. The minimum Gasteiger partial charge on any atom is -0.389 e. The summed E-state index contributed by atoms with van der Waals surface area (Å²) in [5, 5.41) is 9.54. The van der Waals surface area contributed by atoms with Gasteiger partial charge in [-0.05, 0) is 43.9 Å². The fourth-order valence-electron chi connectivity index (χ4n) is 2.43. The van der Waals surface area contributed by atoms with Crippen molar-refractivity contribution in [2.24, 2.45) is 0 Å². The van der Waals surface area contributed by atoms with Crippen LogP contribution in [0.15, 0.2) is 12.3 Å². The van der Waals surface area contributed by atoms with E-state index in [1.807, 2.05) is 0 Å². The van der Waals surface area contributed by atoms with Gasteiger partial charge in [-0.25, -0.2) is 4.98 Å². The van der Waals surface area contributed by atoms with E-state index in [1.165, 1.54) is 31.2 Å². The van der Waals surface area contributed by atoms with Crippen LogP contribution >= 0.6 is 0 Å². The SMILES string of the molecule is Cc1cc([C@H](C)O)cnc1N1CCCCCC1. The molecule has 1 N–H and O–H groups in total. The Morgan fingerprint density at radius 2 is 1.88 bits per heavy atom. The highest BCUT2D eigenvalue weighted by Crippen LogP contribution is 2.23. The van der Waals surface area contributed by atoms with Crippen molar-refractivity contribution in [2.75, 3.05) is 18.0 Å². The van der Waals surface area contributed by atoms with E-state index in [0.717, 1.165) is 24.5 Å². The molecule has 0 unspecified atom stereocenters. The number of aliphatic hydroxyl groups excluding tert-OH is 1. The van der Waals surface area contributed by atoms with Crippen molar-refractivity contribution in [1.29, 1.82) is 0 Å². The number of nitrogens with zero attached hydrogens (tertiary/aromatic N) is 2. The van der Waals surface area contributed by atoms with E-state index in [0.29, 0.717) is 0 Å². The van der Waals surface area contributed by atoms with Gasteiger partial charge in [-0.1, -0.05) is 12.8 Å². The number of aliphatic hydroxyl groups is 1. The zero-order valence-electron chi connectivity index (χ0n) is 10.8. The lowest BCUT2D eigenvalue weighted by molar-refractivity contribution is 0.199. The molecule has 0 spiro atoms. The van der Waals surface area contributed by atoms with Crippen molar-refractivity contribution in [3.8, 4) is 0 Å². The molecule has 1 aliphatic heterocycles. The fourth-order valence-corrected chi connectivity index (χ4v) is 2.43. The Balaban J connectivity index is 2.19. The largest absolute Gasteiger partial charge is 0.389 e. The van der Waals surface area contributed by atoms with Gasteiger partial charge < -0.3 is 10.0 Å². The Kier molecular flexibility index (Phi) is 4.00. The van der Waals surface area contributed by atoms with Crippen molar-refractivity contribution in [1.82, 2.24) is 4.98 Å². The van der Waals surface area contributed by atoms with Crippen LogP contribution in [-0.4, -0.2) is 23.2 Å². The molecule has 3 heteroatoms. The second kappa shape index (κ2) is 5.50. The summed E-state index contributed by atoms with van der Waals surface area (Å²) >= 11 is 0. The molecule has 94 valence electrons. The van der Waals surface area contributed by atoms with Gasteiger partial charge in [0.1, 0.15) is 5.82 Å². The van der Waals surface area contributed by atoms with E-state index in [-0.39, 0.29) is 0 Å². The second-order valence-corrected chi connectivity index (χ2v) is 4.99. The zero-order valence-corrected chi connectivity index (χ0v) is 10.8. The smallest absolute Gasteiger partial charge is 0.131 e. The molecule has 2 rings (SSSR count). The van der Waals surface area contributed by atoms with Crippen LogP contribution in [0.5, 0.6) is 0 Å². The summed E-state index contributed by atoms with van der Waals surface area (Å²) in [7, 11) is 0. The molecule has 0 aromatic carbocycles. The summed E-state index contributed by atoms with van der Waals surface area (Å²) in [6.45, 7) is 6.09. The first-order valence-electron chi connectivity index (χ1n) is 6.58. The second-order valence-electron chi connectivity index (χ2n) is 4.99. The number of aryl methyl sites for hydroxylation is 1. The summed E-state index contributed by atoms with van der Waals surface area (Å²) in [5.41, 5.74) is 2.08. The minimum atomic E-state index is -0.431. The lowest BCUT2D eigenvalue weighted by Gasteiger charge is -2.23. The third-order valence-electron chi connectivity index (χ3n) is 3.46. The Labute approximate surface area is 103 Å². The highest BCUT2D eigenvalue weighted by atomic mass is 16.3. The molecule has 17 heavy (non-hydrogen) atoms. The van der Waals surface area contributed by atoms with Crippen molar-refractivity contribution in [2.45, 2.75) is 45.6 Å². The predicted octanol–water partition coefficient (Wildman–Crippen LogP) is 2.82. The number of anilines is 1. The van der Waals surface area contributed by atoms with Crippen LogP contribution in [0.1, 0.15) is 49.8 Å². The quantitative estimate of drug-likeness (QED) is 0.854. The summed E-state index contributed by atoms with van der Waals surface area (Å²) in [6.07, 6.45) is 6.57. The Morgan fingerprint density at radius 3 is 2.41 bits per heavy atom. The standard InChI is InChI=1S/C14H22N2O/c1-11-9-13(12(2)17)10-15-14(11)16-7-5-3-4-6-8-16/h9-10,12,17H,3-8H2,1-2H3/t12-/m0/s1. The van der Waals surface area contributed by atoms with Crippen LogP contribution in [0.25, 0.3) is 0 Å². The Morgan fingerprint density at radius 1 is 1.24 bits per heavy atom. The number of aromatic nitrogens is 1. The van der Waals surface area contributed by atoms with E-state index in [4.69, 9.17) is 0 Å². The summed E-state index contributed by atoms with van der Waals surface area (Å²) in [4.78, 5) is 6.91. The Hall–Kier alpha value is -1.09. The van der Waals surface area contributed by atoms with Gasteiger partial charge in [0.2, 0.25) is 0 Å². The summed E-state index contributed by atoms with van der Waals surface area (Å²) in [5.74, 6) is 1.09. The molecule has 1 aliphatic rings. The van der Waals surface area contributed by atoms with E-state index in [1.54, 1.807) is 13.1 Å². The highest BCUT2D eigenvalue weighted by Gasteiger charge is 2.14. The molecule has 1 aromatic heterocycles. The maximum Gasteiger partial charge on any atom is 0.131 e. The molecule has 1 atom stereocenters. The first-order valence-corrected chi connectivity index (χ1v) is 6.58. The number of rotatable bonds is 2. The van der Waals surface area contributed by atoms with Crippen molar-refractivity contribution >= 4 is 5.82 Å². The lowest BCUT2D eigenvalue weighted by Crippen LogP contribution is -2.25. The minimum absolute atomic E-state index is 0.431. The maximum absolute atomic E-state index is 9.54. The molecule has 0 saturated carbocycles. The number of hydrogen-bond acceptors (Lipinski definition) is 3. The molecule has 1 saturated heterocycles. The van der Waals surface area contributed by atoms with E-state index >= 15 is 0 Å². The molecule has 0 aliphatic carbocycles. The average Bonchev–Trinajstić information content (AvgIpc) is 2.57. The Bertz CT molecular complexity index is 368. The fraction of sp³-hybridized carbons (Fsp3) is 0.643. The normalized spacial score (nSPS) is 18.9.